The van der Waals surface area contributed by atoms with Crippen LogP contribution in [0.15, 0.2) is 36.5 Å². The average Bonchev–Trinajstić information content (AvgIpc) is 3.19. The van der Waals surface area contributed by atoms with Crippen molar-refractivity contribution in [3.8, 4) is 5.75 Å². The summed E-state index contributed by atoms with van der Waals surface area (Å²) in [5.41, 5.74) is 2.26. The van der Waals surface area contributed by atoms with Gasteiger partial charge in [0.05, 0.1) is 25.5 Å². The third-order valence-corrected chi connectivity index (χ3v) is 5.85. The number of rotatable bonds is 6. The Hall–Kier alpha value is -2.84. The van der Waals surface area contributed by atoms with Crippen molar-refractivity contribution in [2.24, 2.45) is 5.92 Å². The zero-order valence-electron chi connectivity index (χ0n) is 20.1. The van der Waals surface area contributed by atoms with Gasteiger partial charge in [-0.25, -0.2) is 9.78 Å². The molecule has 9 heteroatoms. The number of hydrogen-bond donors (Lipinski definition) is 0. The van der Waals surface area contributed by atoms with Gasteiger partial charge >= 0.3 is 6.09 Å². The molecule has 1 aliphatic heterocycles. The van der Waals surface area contributed by atoms with E-state index in [1.807, 2.05) is 51.2 Å². The normalized spacial score (nSPS) is 14.9. The first-order chi connectivity index (χ1) is 16.2. The van der Waals surface area contributed by atoms with E-state index >= 15 is 0 Å². The molecule has 1 aromatic carbocycles. The van der Waals surface area contributed by atoms with Crippen LogP contribution >= 0.6 is 11.6 Å². The molecule has 8 nitrogen and oxygen atoms in total. The highest BCUT2D eigenvalue weighted by Crippen LogP contribution is 2.31. The fourth-order valence-corrected chi connectivity index (χ4v) is 4.18. The van der Waals surface area contributed by atoms with Crippen molar-refractivity contribution in [1.82, 2.24) is 14.8 Å². The van der Waals surface area contributed by atoms with Gasteiger partial charge in [-0.2, -0.15) is 5.10 Å². The molecule has 0 atom stereocenters. The summed E-state index contributed by atoms with van der Waals surface area (Å²) in [6.45, 7) is 8.00. The van der Waals surface area contributed by atoms with Gasteiger partial charge in [-0.05, 0) is 57.2 Å². The van der Waals surface area contributed by atoms with Gasteiger partial charge in [0.25, 0.3) is 0 Å². The van der Waals surface area contributed by atoms with Crippen molar-refractivity contribution in [3.63, 3.8) is 0 Å². The molecule has 0 saturated carbocycles. The molecule has 4 rings (SSSR count). The lowest BCUT2D eigenvalue weighted by atomic mass is 9.99. The number of nitrogens with zero attached hydrogens (tertiary/aromatic N) is 4. The van der Waals surface area contributed by atoms with Gasteiger partial charge in [-0.1, -0.05) is 23.7 Å². The van der Waals surface area contributed by atoms with Crippen molar-refractivity contribution in [3.05, 3.63) is 47.2 Å². The first-order valence-corrected chi connectivity index (χ1v) is 11.8. The Bertz CT molecular complexity index is 1130. The van der Waals surface area contributed by atoms with Crippen LogP contribution in [0, 0.1) is 5.92 Å². The van der Waals surface area contributed by atoms with Gasteiger partial charge in [0.2, 0.25) is 0 Å². The largest absolute Gasteiger partial charge is 0.497 e. The molecule has 182 valence electrons. The SMILES string of the molecule is COc1ccc(Cn2cc3nc(Cl)cc(N(CC4CCOCC4)C(=O)OC(C)(C)C)c3n2)cc1. The fraction of sp³-hybridized carbons (Fsp3) is 0.480. The zero-order chi connectivity index (χ0) is 24.3. The molecular formula is C25H31ClN4O4. The number of anilines is 1. The molecule has 3 aromatic rings. The second kappa shape index (κ2) is 10.2. The lowest BCUT2D eigenvalue weighted by Crippen LogP contribution is -2.41. The summed E-state index contributed by atoms with van der Waals surface area (Å²) in [6.07, 6.45) is 3.18. The number of methoxy groups -OCH3 is 1. The Morgan fingerprint density at radius 2 is 1.94 bits per heavy atom. The minimum atomic E-state index is -0.630. The van der Waals surface area contributed by atoms with Gasteiger partial charge in [0.1, 0.15) is 27.5 Å². The van der Waals surface area contributed by atoms with Crippen LogP contribution in [0.1, 0.15) is 39.2 Å². The molecule has 2 aromatic heterocycles. The highest BCUT2D eigenvalue weighted by atomic mass is 35.5. The molecule has 0 bridgehead atoms. The number of hydrogen-bond acceptors (Lipinski definition) is 6. The summed E-state index contributed by atoms with van der Waals surface area (Å²) in [5, 5.41) is 5.07. The first kappa shape index (κ1) is 24.3. The van der Waals surface area contributed by atoms with Crippen LogP contribution in [0.4, 0.5) is 10.5 Å². The monoisotopic (exact) mass is 486 g/mol. The maximum Gasteiger partial charge on any atom is 0.414 e. The predicted octanol–water partition coefficient (Wildman–Crippen LogP) is 5.31. The van der Waals surface area contributed by atoms with E-state index in [0.717, 1.165) is 24.2 Å². The summed E-state index contributed by atoms with van der Waals surface area (Å²) in [6, 6.07) is 9.50. The second-order valence-electron chi connectivity index (χ2n) is 9.52. The smallest absolute Gasteiger partial charge is 0.414 e. The Balaban J connectivity index is 1.69. The molecule has 34 heavy (non-hydrogen) atoms. The Kier molecular flexibility index (Phi) is 7.28. The van der Waals surface area contributed by atoms with Crippen molar-refractivity contribution in [2.75, 3.05) is 31.8 Å². The topological polar surface area (TPSA) is 78.7 Å². The number of carbonyl (C=O) groups is 1. The van der Waals surface area contributed by atoms with Crippen molar-refractivity contribution < 1.29 is 19.0 Å². The van der Waals surface area contributed by atoms with E-state index in [1.165, 1.54) is 0 Å². The summed E-state index contributed by atoms with van der Waals surface area (Å²) in [4.78, 5) is 19.4. The van der Waals surface area contributed by atoms with E-state index in [2.05, 4.69) is 4.98 Å². The minimum absolute atomic E-state index is 0.296. The van der Waals surface area contributed by atoms with Gasteiger partial charge in [-0.15, -0.1) is 0 Å². The van der Waals surface area contributed by atoms with E-state index in [-0.39, 0.29) is 0 Å². The number of fused-ring (bicyclic) bond motifs is 1. The fourth-order valence-electron chi connectivity index (χ4n) is 3.98. The maximum absolute atomic E-state index is 13.3. The zero-order valence-corrected chi connectivity index (χ0v) is 20.8. The molecule has 3 heterocycles. The molecule has 0 N–H and O–H groups in total. The third kappa shape index (κ3) is 5.98. The molecule has 1 saturated heterocycles. The lowest BCUT2D eigenvalue weighted by molar-refractivity contribution is 0.0515. The van der Waals surface area contributed by atoms with Crippen molar-refractivity contribution >= 4 is 34.4 Å². The van der Waals surface area contributed by atoms with Gasteiger partial charge in [0, 0.05) is 25.8 Å². The minimum Gasteiger partial charge on any atom is -0.497 e. The van der Waals surface area contributed by atoms with Crippen LogP contribution in [0.2, 0.25) is 5.15 Å². The molecule has 0 unspecified atom stereocenters. The van der Waals surface area contributed by atoms with E-state index in [0.29, 0.717) is 54.1 Å². The molecule has 0 radical (unpaired) electrons. The van der Waals surface area contributed by atoms with Gasteiger partial charge in [0.15, 0.2) is 0 Å². The number of pyridine rings is 1. The molecular weight excluding hydrogens is 456 g/mol. The van der Waals surface area contributed by atoms with Crippen LogP contribution in [0.3, 0.4) is 0 Å². The quantitative estimate of drug-likeness (QED) is 0.439. The number of aromatic nitrogens is 3. The highest BCUT2D eigenvalue weighted by Gasteiger charge is 2.29. The predicted molar refractivity (Wildman–Crippen MR) is 132 cm³/mol. The van der Waals surface area contributed by atoms with Gasteiger partial charge < -0.3 is 14.2 Å². The molecule has 0 spiro atoms. The molecule has 1 fully saturated rings. The number of halogens is 1. The van der Waals surface area contributed by atoms with E-state index in [9.17, 15) is 4.79 Å². The van der Waals surface area contributed by atoms with E-state index < -0.39 is 11.7 Å². The molecule has 1 amide bonds. The van der Waals surface area contributed by atoms with Crippen LogP contribution < -0.4 is 9.64 Å². The standard InChI is InChI=1S/C25H31ClN4O4/c1-25(2,3)34-24(31)30(15-18-9-11-33-12-10-18)21-13-22(26)27-20-16-29(28-23(20)21)14-17-5-7-19(32-4)8-6-17/h5-8,13,16,18H,9-12,14-15H2,1-4H3. The van der Waals surface area contributed by atoms with Gasteiger partial charge in [-0.3, -0.25) is 9.58 Å². The van der Waals surface area contributed by atoms with Crippen LogP contribution in [0.5, 0.6) is 5.75 Å². The number of benzene rings is 1. The Labute approximate surface area is 204 Å². The summed E-state index contributed by atoms with van der Waals surface area (Å²) < 4.78 is 18.3. The summed E-state index contributed by atoms with van der Waals surface area (Å²) in [5.74, 6) is 1.09. The Morgan fingerprint density at radius 1 is 1.24 bits per heavy atom. The van der Waals surface area contributed by atoms with Crippen molar-refractivity contribution in [1.29, 1.82) is 0 Å². The second-order valence-corrected chi connectivity index (χ2v) is 9.91. The average molecular weight is 487 g/mol. The molecule has 0 aliphatic carbocycles. The van der Waals surface area contributed by atoms with Crippen LogP contribution in [-0.2, 0) is 16.0 Å². The van der Waals surface area contributed by atoms with Crippen molar-refractivity contribution in [2.45, 2.75) is 45.8 Å². The lowest BCUT2D eigenvalue weighted by Gasteiger charge is -2.31. The van der Waals surface area contributed by atoms with Crippen LogP contribution in [0.25, 0.3) is 11.0 Å². The third-order valence-electron chi connectivity index (χ3n) is 5.66. The highest BCUT2D eigenvalue weighted by molar-refractivity contribution is 6.30. The molecule has 1 aliphatic rings. The maximum atomic E-state index is 13.3. The van der Waals surface area contributed by atoms with Crippen LogP contribution in [-0.4, -0.2) is 53.3 Å². The number of carbonyl (C=O) groups excluding carboxylic acids is 1. The van der Waals surface area contributed by atoms with E-state index in [4.69, 9.17) is 30.9 Å². The first-order valence-electron chi connectivity index (χ1n) is 11.5. The summed E-state index contributed by atoms with van der Waals surface area (Å²) >= 11 is 6.39. The number of ether oxygens (including phenoxy) is 3. The summed E-state index contributed by atoms with van der Waals surface area (Å²) in [7, 11) is 1.64. The Morgan fingerprint density at radius 3 is 2.59 bits per heavy atom. The van der Waals surface area contributed by atoms with E-state index in [1.54, 1.807) is 22.8 Å². The number of amides is 1.